The third-order valence-electron chi connectivity index (χ3n) is 2.17. The van der Waals surface area contributed by atoms with E-state index in [9.17, 15) is 15.2 Å². The van der Waals surface area contributed by atoms with Crippen molar-refractivity contribution < 1.29 is 15.3 Å². The van der Waals surface area contributed by atoms with E-state index in [-0.39, 0.29) is 5.69 Å². The van der Waals surface area contributed by atoms with E-state index in [1.807, 2.05) is 12.2 Å². The second-order valence-electron chi connectivity index (χ2n) is 3.30. The molecule has 0 heterocycles. The number of hydrogen-bond acceptors (Lipinski definition) is 3. The molecule has 5 nitrogen and oxygen atoms in total. The van der Waals surface area contributed by atoms with Crippen molar-refractivity contribution in [2.75, 3.05) is 13.1 Å². The van der Waals surface area contributed by atoms with Gasteiger partial charge in [0.1, 0.15) is 12.6 Å². The molecular formula is C10H15N2O3+. The van der Waals surface area contributed by atoms with Gasteiger partial charge < -0.3 is 10.4 Å². The first-order valence-electron chi connectivity index (χ1n) is 4.89. The van der Waals surface area contributed by atoms with E-state index >= 15 is 0 Å². The van der Waals surface area contributed by atoms with Crippen molar-refractivity contribution in [2.24, 2.45) is 0 Å². The highest BCUT2D eigenvalue weighted by atomic mass is 16.6. The SMILES string of the molecule is CC[NH2+]C[C@@H](O)c1ccc([N+](=O)[O-])cc1. The highest BCUT2D eigenvalue weighted by Crippen LogP contribution is 2.16. The third kappa shape index (κ3) is 3.30. The predicted molar refractivity (Wildman–Crippen MR) is 55.4 cm³/mol. The summed E-state index contributed by atoms with van der Waals surface area (Å²) in [5, 5.41) is 22.0. The summed E-state index contributed by atoms with van der Waals surface area (Å²) in [6.07, 6.45) is -0.564. The van der Waals surface area contributed by atoms with Crippen molar-refractivity contribution in [1.82, 2.24) is 0 Å². The van der Waals surface area contributed by atoms with Gasteiger partial charge >= 0.3 is 0 Å². The maximum atomic E-state index is 10.4. The van der Waals surface area contributed by atoms with Gasteiger partial charge in [0.25, 0.3) is 5.69 Å². The van der Waals surface area contributed by atoms with Crippen LogP contribution < -0.4 is 5.32 Å². The number of rotatable bonds is 5. The van der Waals surface area contributed by atoms with Crippen LogP contribution in [0.2, 0.25) is 0 Å². The molecule has 0 aromatic heterocycles. The van der Waals surface area contributed by atoms with Crippen LogP contribution in [0.5, 0.6) is 0 Å². The Morgan fingerprint density at radius 3 is 2.53 bits per heavy atom. The maximum Gasteiger partial charge on any atom is 0.269 e. The molecule has 0 aliphatic heterocycles. The zero-order valence-corrected chi connectivity index (χ0v) is 8.59. The van der Waals surface area contributed by atoms with Crippen LogP contribution >= 0.6 is 0 Å². The summed E-state index contributed by atoms with van der Waals surface area (Å²) in [6, 6.07) is 5.99. The van der Waals surface area contributed by atoms with Gasteiger partial charge in [-0.3, -0.25) is 10.1 Å². The Kier molecular flexibility index (Phi) is 4.20. The summed E-state index contributed by atoms with van der Waals surface area (Å²) in [5.41, 5.74) is 0.760. The molecule has 15 heavy (non-hydrogen) atoms. The molecule has 0 bridgehead atoms. The van der Waals surface area contributed by atoms with Gasteiger partial charge in [0.15, 0.2) is 0 Å². The number of aliphatic hydroxyl groups excluding tert-OH is 1. The fourth-order valence-electron chi connectivity index (χ4n) is 1.28. The Hall–Kier alpha value is -1.46. The van der Waals surface area contributed by atoms with Crippen LogP contribution in [0, 0.1) is 10.1 Å². The summed E-state index contributed by atoms with van der Waals surface area (Å²) in [5.74, 6) is 0. The number of quaternary nitrogens is 1. The van der Waals surface area contributed by atoms with Gasteiger partial charge in [0, 0.05) is 12.1 Å². The number of nitro benzene ring substituents is 1. The molecule has 1 atom stereocenters. The van der Waals surface area contributed by atoms with Crippen LogP contribution in [0.1, 0.15) is 18.6 Å². The van der Waals surface area contributed by atoms with Crippen molar-refractivity contribution in [3.63, 3.8) is 0 Å². The quantitative estimate of drug-likeness (QED) is 0.539. The topological polar surface area (TPSA) is 80.0 Å². The molecule has 0 saturated carbocycles. The fourth-order valence-corrected chi connectivity index (χ4v) is 1.28. The molecule has 82 valence electrons. The fraction of sp³-hybridized carbons (Fsp3) is 0.400. The Morgan fingerprint density at radius 2 is 2.07 bits per heavy atom. The van der Waals surface area contributed by atoms with Gasteiger partial charge in [0.2, 0.25) is 0 Å². The average Bonchev–Trinajstić information content (AvgIpc) is 2.26. The summed E-state index contributed by atoms with van der Waals surface area (Å²) in [4.78, 5) is 9.94. The van der Waals surface area contributed by atoms with E-state index in [1.54, 1.807) is 12.1 Å². The zero-order valence-electron chi connectivity index (χ0n) is 8.59. The molecule has 1 aromatic rings. The van der Waals surface area contributed by atoms with Gasteiger partial charge in [-0.25, -0.2) is 0 Å². The molecule has 0 aliphatic rings. The Labute approximate surface area is 87.9 Å². The number of nitrogens with two attached hydrogens (primary N) is 1. The summed E-state index contributed by atoms with van der Waals surface area (Å²) >= 11 is 0. The average molecular weight is 211 g/mol. The Bertz CT molecular complexity index is 324. The lowest BCUT2D eigenvalue weighted by atomic mass is 10.1. The lowest BCUT2D eigenvalue weighted by Crippen LogP contribution is -2.84. The standard InChI is InChI=1S/C10H14N2O3/c1-2-11-7-10(13)8-3-5-9(6-4-8)12(14)15/h3-6,10-11,13H,2,7H2,1H3/p+1/t10-/m1/s1. The molecule has 0 spiro atoms. The van der Waals surface area contributed by atoms with Crippen molar-refractivity contribution in [2.45, 2.75) is 13.0 Å². The van der Waals surface area contributed by atoms with E-state index in [2.05, 4.69) is 0 Å². The van der Waals surface area contributed by atoms with Crippen molar-refractivity contribution in [3.8, 4) is 0 Å². The number of aliphatic hydroxyl groups is 1. The lowest BCUT2D eigenvalue weighted by molar-refractivity contribution is -0.658. The number of benzene rings is 1. The van der Waals surface area contributed by atoms with Crippen molar-refractivity contribution >= 4 is 5.69 Å². The summed E-state index contributed by atoms with van der Waals surface area (Å²) in [6.45, 7) is 3.49. The minimum Gasteiger partial charge on any atom is -0.382 e. The largest absolute Gasteiger partial charge is 0.382 e. The molecule has 0 radical (unpaired) electrons. The molecule has 0 unspecified atom stereocenters. The van der Waals surface area contributed by atoms with Crippen LogP contribution in [-0.2, 0) is 0 Å². The van der Waals surface area contributed by atoms with Crippen LogP contribution in [0.4, 0.5) is 5.69 Å². The smallest absolute Gasteiger partial charge is 0.269 e. The highest BCUT2D eigenvalue weighted by molar-refractivity contribution is 5.33. The number of non-ortho nitro benzene ring substituents is 1. The molecule has 0 saturated heterocycles. The number of likely N-dealkylation sites (N-methyl/N-ethyl adjacent to an activating group) is 1. The second-order valence-corrected chi connectivity index (χ2v) is 3.30. The van der Waals surface area contributed by atoms with Gasteiger partial charge in [-0.05, 0) is 24.6 Å². The minimum atomic E-state index is -0.564. The van der Waals surface area contributed by atoms with Gasteiger partial charge in [-0.15, -0.1) is 0 Å². The van der Waals surface area contributed by atoms with E-state index in [0.29, 0.717) is 12.1 Å². The lowest BCUT2D eigenvalue weighted by Gasteiger charge is -2.08. The second kappa shape index (κ2) is 5.43. The van der Waals surface area contributed by atoms with Gasteiger partial charge in [0.05, 0.1) is 11.5 Å². The molecule has 0 aliphatic carbocycles. The Morgan fingerprint density at radius 1 is 1.47 bits per heavy atom. The first kappa shape index (κ1) is 11.6. The van der Waals surface area contributed by atoms with E-state index < -0.39 is 11.0 Å². The molecule has 1 rings (SSSR count). The zero-order chi connectivity index (χ0) is 11.3. The number of nitrogens with zero attached hydrogens (tertiary/aromatic N) is 1. The minimum absolute atomic E-state index is 0.0467. The third-order valence-corrected chi connectivity index (χ3v) is 2.17. The summed E-state index contributed by atoms with van der Waals surface area (Å²) < 4.78 is 0. The molecule has 3 N–H and O–H groups in total. The molecule has 1 aromatic carbocycles. The van der Waals surface area contributed by atoms with Gasteiger partial charge in [-0.2, -0.15) is 0 Å². The summed E-state index contributed by atoms with van der Waals surface area (Å²) in [7, 11) is 0. The first-order chi connectivity index (χ1) is 7.15. The molecule has 0 amide bonds. The number of nitro groups is 1. The molecule has 0 fully saturated rings. The van der Waals surface area contributed by atoms with Crippen LogP contribution in [-0.4, -0.2) is 23.1 Å². The molecular weight excluding hydrogens is 196 g/mol. The first-order valence-corrected chi connectivity index (χ1v) is 4.89. The van der Waals surface area contributed by atoms with E-state index in [1.165, 1.54) is 12.1 Å². The number of hydrogen-bond donors (Lipinski definition) is 2. The normalized spacial score (nSPS) is 12.4. The monoisotopic (exact) mass is 211 g/mol. The maximum absolute atomic E-state index is 10.4. The Balaban J connectivity index is 2.66. The van der Waals surface area contributed by atoms with Crippen LogP contribution in [0.15, 0.2) is 24.3 Å². The van der Waals surface area contributed by atoms with Crippen LogP contribution in [0.25, 0.3) is 0 Å². The van der Waals surface area contributed by atoms with Crippen molar-refractivity contribution in [3.05, 3.63) is 39.9 Å². The molecule has 5 heteroatoms. The predicted octanol–water partition coefficient (Wildman–Crippen LogP) is 0.212. The van der Waals surface area contributed by atoms with E-state index in [4.69, 9.17) is 0 Å². The van der Waals surface area contributed by atoms with Gasteiger partial charge in [-0.1, -0.05) is 0 Å². The van der Waals surface area contributed by atoms with Crippen LogP contribution in [0.3, 0.4) is 0 Å². The van der Waals surface area contributed by atoms with Crippen molar-refractivity contribution in [1.29, 1.82) is 0 Å². The van der Waals surface area contributed by atoms with E-state index in [0.717, 1.165) is 6.54 Å². The highest BCUT2D eigenvalue weighted by Gasteiger charge is 2.11.